The number of thioether (sulfide) groups is 1. The van der Waals surface area contributed by atoms with Crippen LogP contribution in [0.1, 0.15) is 0 Å². The summed E-state index contributed by atoms with van der Waals surface area (Å²) < 4.78 is 0. The van der Waals surface area contributed by atoms with Crippen LogP contribution < -0.4 is 11.5 Å². The van der Waals surface area contributed by atoms with E-state index in [1.807, 2.05) is 6.26 Å². The number of amides is 1. The quantitative estimate of drug-likeness (QED) is 0.424. The first-order valence-electron chi connectivity index (χ1n) is 5.18. The second kappa shape index (κ2) is 5.95. The monoisotopic (exact) mass is 245 g/mol. The first-order valence-corrected chi connectivity index (χ1v) is 6.58. The van der Waals surface area contributed by atoms with E-state index in [0.29, 0.717) is 31.9 Å². The molecule has 0 radical (unpaired) electrons. The number of rotatable bonds is 3. The highest BCUT2D eigenvalue weighted by molar-refractivity contribution is 7.98. The Balaban J connectivity index is 2.41. The predicted octanol–water partition coefficient (Wildman–Crippen LogP) is -1.29. The Morgan fingerprint density at radius 1 is 1.38 bits per heavy atom. The van der Waals surface area contributed by atoms with E-state index in [1.165, 1.54) is 0 Å². The molecule has 1 rings (SSSR count). The molecule has 5 N–H and O–H groups in total. The van der Waals surface area contributed by atoms with Crippen molar-refractivity contribution in [2.45, 2.75) is 6.04 Å². The van der Waals surface area contributed by atoms with Gasteiger partial charge in [0.05, 0.1) is 6.04 Å². The highest BCUT2D eigenvalue weighted by Gasteiger charge is 2.25. The Labute approximate surface area is 99.8 Å². The van der Waals surface area contributed by atoms with Crippen LogP contribution >= 0.6 is 11.8 Å². The summed E-state index contributed by atoms with van der Waals surface area (Å²) in [6.07, 6.45) is 1.93. The van der Waals surface area contributed by atoms with Gasteiger partial charge in [0.2, 0.25) is 5.91 Å². The fourth-order valence-electron chi connectivity index (χ4n) is 1.65. The van der Waals surface area contributed by atoms with Gasteiger partial charge in [-0.05, 0) is 6.26 Å². The molecule has 1 saturated heterocycles. The zero-order valence-electron chi connectivity index (χ0n) is 9.48. The van der Waals surface area contributed by atoms with Gasteiger partial charge >= 0.3 is 0 Å². The average Bonchev–Trinajstić information content (AvgIpc) is 2.28. The smallest absolute Gasteiger partial charge is 0.240 e. The van der Waals surface area contributed by atoms with Crippen LogP contribution in [0.15, 0.2) is 0 Å². The number of carbonyl (C=O) groups excluding carboxylic acids is 1. The molecule has 0 aromatic rings. The molecule has 6 nitrogen and oxygen atoms in total. The van der Waals surface area contributed by atoms with Crippen LogP contribution in [0.3, 0.4) is 0 Å². The number of guanidine groups is 1. The third-order valence-electron chi connectivity index (χ3n) is 2.60. The molecule has 1 atom stereocenters. The molecule has 16 heavy (non-hydrogen) atoms. The van der Waals surface area contributed by atoms with Crippen LogP contribution in [-0.4, -0.2) is 65.9 Å². The summed E-state index contributed by atoms with van der Waals surface area (Å²) in [6.45, 7) is 2.43. The van der Waals surface area contributed by atoms with E-state index in [1.54, 1.807) is 21.6 Å². The van der Waals surface area contributed by atoms with E-state index >= 15 is 0 Å². The SMILES string of the molecule is CSC[C@@H](N)C(=O)N1CCN(C(=N)N)CC1. The van der Waals surface area contributed by atoms with Gasteiger partial charge in [0.15, 0.2) is 5.96 Å². The fraction of sp³-hybridized carbons (Fsp3) is 0.778. The van der Waals surface area contributed by atoms with Crippen molar-refractivity contribution in [3.05, 3.63) is 0 Å². The summed E-state index contributed by atoms with van der Waals surface area (Å²) in [6, 6.07) is -0.418. The van der Waals surface area contributed by atoms with Crippen LogP contribution in [0.5, 0.6) is 0 Å². The second-order valence-corrected chi connectivity index (χ2v) is 4.67. The first kappa shape index (κ1) is 13.1. The van der Waals surface area contributed by atoms with Crippen molar-refractivity contribution in [3.63, 3.8) is 0 Å². The van der Waals surface area contributed by atoms with Gasteiger partial charge < -0.3 is 21.3 Å². The molecule has 0 aromatic heterocycles. The van der Waals surface area contributed by atoms with Gasteiger partial charge in [-0.2, -0.15) is 11.8 Å². The van der Waals surface area contributed by atoms with Crippen molar-refractivity contribution in [1.82, 2.24) is 9.80 Å². The van der Waals surface area contributed by atoms with Crippen LogP contribution in [0, 0.1) is 5.41 Å². The largest absolute Gasteiger partial charge is 0.370 e. The zero-order chi connectivity index (χ0) is 12.1. The summed E-state index contributed by atoms with van der Waals surface area (Å²) in [7, 11) is 0. The minimum Gasteiger partial charge on any atom is -0.370 e. The lowest BCUT2D eigenvalue weighted by atomic mass is 10.2. The third kappa shape index (κ3) is 3.28. The summed E-state index contributed by atoms with van der Waals surface area (Å²) >= 11 is 1.57. The third-order valence-corrected chi connectivity index (χ3v) is 3.29. The minimum absolute atomic E-state index is 0.00227. The van der Waals surface area contributed by atoms with Gasteiger partial charge in [-0.1, -0.05) is 0 Å². The highest BCUT2D eigenvalue weighted by Crippen LogP contribution is 2.05. The zero-order valence-corrected chi connectivity index (χ0v) is 10.3. The average molecular weight is 245 g/mol. The highest BCUT2D eigenvalue weighted by atomic mass is 32.2. The molecule has 0 saturated carbocycles. The molecular weight excluding hydrogens is 226 g/mol. The Kier molecular flexibility index (Phi) is 4.88. The Hall–Kier alpha value is -0.950. The number of hydrogen-bond donors (Lipinski definition) is 3. The van der Waals surface area contributed by atoms with Gasteiger partial charge in [-0.25, -0.2) is 0 Å². The van der Waals surface area contributed by atoms with E-state index < -0.39 is 6.04 Å². The number of piperazine rings is 1. The standard InChI is InChI=1S/C9H19N5OS/c1-16-6-7(10)8(15)13-2-4-14(5-3-13)9(11)12/h7H,2-6,10H2,1H3,(H3,11,12)/t7-/m1/s1. The molecule has 0 unspecified atom stereocenters. The summed E-state index contributed by atoms with van der Waals surface area (Å²) in [4.78, 5) is 15.4. The first-order chi connectivity index (χ1) is 7.56. The molecule has 1 aliphatic rings. The van der Waals surface area contributed by atoms with Crippen molar-refractivity contribution < 1.29 is 4.79 Å². The maximum Gasteiger partial charge on any atom is 0.240 e. The van der Waals surface area contributed by atoms with E-state index in [9.17, 15) is 4.79 Å². The van der Waals surface area contributed by atoms with E-state index in [-0.39, 0.29) is 11.9 Å². The number of nitrogens with one attached hydrogen (secondary N) is 1. The number of nitrogens with zero attached hydrogens (tertiary/aromatic N) is 2. The molecule has 1 fully saturated rings. The molecule has 1 amide bonds. The Morgan fingerprint density at radius 2 is 1.88 bits per heavy atom. The van der Waals surface area contributed by atoms with Crippen LogP contribution in [-0.2, 0) is 4.79 Å². The van der Waals surface area contributed by atoms with Crippen molar-refractivity contribution in [1.29, 1.82) is 5.41 Å². The van der Waals surface area contributed by atoms with Gasteiger partial charge in [-0.15, -0.1) is 0 Å². The predicted molar refractivity (Wildman–Crippen MR) is 66.4 cm³/mol. The van der Waals surface area contributed by atoms with Gasteiger partial charge in [0, 0.05) is 31.9 Å². The lowest BCUT2D eigenvalue weighted by molar-refractivity contribution is -0.133. The molecule has 92 valence electrons. The van der Waals surface area contributed by atoms with Crippen LogP contribution in [0.4, 0.5) is 0 Å². The molecular formula is C9H19N5OS. The van der Waals surface area contributed by atoms with E-state index in [0.717, 1.165) is 0 Å². The van der Waals surface area contributed by atoms with Gasteiger partial charge in [-0.3, -0.25) is 10.2 Å². The van der Waals surface area contributed by atoms with Crippen molar-refractivity contribution in [2.24, 2.45) is 11.5 Å². The molecule has 1 aliphatic heterocycles. The Bertz CT molecular complexity index is 265. The molecule has 0 aromatic carbocycles. The normalized spacial score (nSPS) is 18.4. The summed E-state index contributed by atoms with van der Waals surface area (Å²) in [5.74, 6) is 0.712. The molecule has 0 aliphatic carbocycles. The lowest BCUT2D eigenvalue weighted by Crippen LogP contribution is -2.55. The van der Waals surface area contributed by atoms with Crippen LogP contribution in [0.25, 0.3) is 0 Å². The summed E-state index contributed by atoms with van der Waals surface area (Å²) in [5.41, 5.74) is 11.1. The maximum absolute atomic E-state index is 11.8. The van der Waals surface area contributed by atoms with Crippen LogP contribution in [0.2, 0.25) is 0 Å². The van der Waals surface area contributed by atoms with Gasteiger partial charge in [0.25, 0.3) is 0 Å². The maximum atomic E-state index is 11.8. The van der Waals surface area contributed by atoms with Crippen molar-refractivity contribution >= 4 is 23.6 Å². The van der Waals surface area contributed by atoms with Crippen molar-refractivity contribution in [2.75, 3.05) is 38.2 Å². The lowest BCUT2D eigenvalue weighted by Gasteiger charge is -2.35. The van der Waals surface area contributed by atoms with Crippen molar-refractivity contribution in [3.8, 4) is 0 Å². The number of hydrogen-bond acceptors (Lipinski definition) is 4. The van der Waals surface area contributed by atoms with Gasteiger partial charge in [0.1, 0.15) is 0 Å². The number of nitrogens with two attached hydrogens (primary N) is 2. The summed E-state index contributed by atoms with van der Waals surface area (Å²) in [5, 5.41) is 7.28. The number of carbonyl (C=O) groups is 1. The minimum atomic E-state index is -0.418. The molecule has 1 heterocycles. The molecule has 0 spiro atoms. The Morgan fingerprint density at radius 3 is 2.31 bits per heavy atom. The molecule has 0 bridgehead atoms. The fourth-order valence-corrected chi connectivity index (χ4v) is 2.15. The van der Waals surface area contributed by atoms with E-state index in [4.69, 9.17) is 16.9 Å². The molecule has 7 heteroatoms. The van der Waals surface area contributed by atoms with E-state index in [2.05, 4.69) is 0 Å². The topological polar surface area (TPSA) is 99.4 Å². The second-order valence-electron chi connectivity index (χ2n) is 3.76.